The van der Waals surface area contributed by atoms with Crippen molar-refractivity contribution in [3.05, 3.63) is 16.5 Å². The van der Waals surface area contributed by atoms with Gasteiger partial charge in [-0.05, 0) is 37.9 Å². The van der Waals surface area contributed by atoms with Gasteiger partial charge in [-0.1, -0.05) is 0 Å². The van der Waals surface area contributed by atoms with Crippen LogP contribution in [-0.4, -0.2) is 55.0 Å². The van der Waals surface area contributed by atoms with Gasteiger partial charge in [0.1, 0.15) is 4.21 Å². The third kappa shape index (κ3) is 2.42. The summed E-state index contributed by atoms with van der Waals surface area (Å²) < 4.78 is 27.4. The molecule has 112 valence electrons. The zero-order valence-electron chi connectivity index (χ0n) is 11.6. The molecule has 3 rings (SSSR count). The van der Waals surface area contributed by atoms with Crippen LogP contribution in [0.2, 0.25) is 0 Å². The number of aliphatic hydroxyl groups excluding tert-OH is 1. The molecule has 1 aromatic heterocycles. The molecule has 5 nitrogen and oxygen atoms in total. The molecule has 1 N–H and O–H groups in total. The molecule has 2 aliphatic rings. The number of aliphatic hydroxyl groups is 1. The first kappa shape index (κ1) is 14.5. The normalized spacial score (nSPS) is 25.0. The minimum atomic E-state index is -3.40. The van der Waals surface area contributed by atoms with Gasteiger partial charge in [-0.2, -0.15) is 4.31 Å². The first-order chi connectivity index (χ1) is 9.52. The molecule has 0 aromatic carbocycles. The minimum absolute atomic E-state index is 0.0948. The number of aryl methyl sites for hydroxylation is 1. The predicted octanol–water partition coefficient (Wildman–Crippen LogP) is 1.02. The van der Waals surface area contributed by atoms with E-state index in [0.29, 0.717) is 23.3 Å². The summed E-state index contributed by atoms with van der Waals surface area (Å²) in [6.45, 7) is 4.86. The number of thiophene rings is 1. The summed E-state index contributed by atoms with van der Waals surface area (Å²) >= 11 is 1.19. The van der Waals surface area contributed by atoms with E-state index >= 15 is 0 Å². The smallest absolute Gasteiger partial charge is 0.252 e. The van der Waals surface area contributed by atoms with Crippen molar-refractivity contribution in [2.24, 2.45) is 0 Å². The van der Waals surface area contributed by atoms with Crippen molar-refractivity contribution in [3.8, 4) is 0 Å². The van der Waals surface area contributed by atoms with Crippen LogP contribution in [0.25, 0.3) is 0 Å². The van der Waals surface area contributed by atoms with Crippen molar-refractivity contribution in [2.45, 2.75) is 36.6 Å². The molecular formula is C13H20N2O3S2. The van der Waals surface area contributed by atoms with Gasteiger partial charge in [0, 0.05) is 30.6 Å². The largest absolute Gasteiger partial charge is 0.391 e. The molecule has 0 saturated carbocycles. The van der Waals surface area contributed by atoms with Crippen LogP contribution in [0, 0.1) is 6.92 Å². The van der Waals surface area contributed by atoms with E-state index in [0.717, 1.165) is 30.0 Å². The molecule has 0 amide bonds. The maximum Gasteiger partial charge on any atom is 0.252 e. The van der Waals surface area contributed by atoms with Crippen LogP contribution in [0.15, 0.2) is 10.3 Å². The van der Waals surface area contributed by atoms with Crippen LogP contribution in [0.1, 0.15) is 23.3 Å². The Morgan fingerprint density at radius 1 is 1.40 bits per heavy atom. The molecule has 3 heterocycles. The summed E-state index contributed by atoms with van der Waals surface area (Å²) in [6, 6.07) is 2.07. The van der Waals surface area contributed by atoms with Gasteiger partial charge in [-0.15, -0.1) is 11.3 Å². The number of hydrogen-bond acceptors (Lipinski definition) is 5. The standard InChI is InChI=1S/C13H20N2O3S2/c1-10-7-13(19-12(10)9-16)20(17,18)15-6-5-14-4-2-3-11(14)8-15/h7,11,16H,2-6,8-9H2,1H3. The van der Waals surface area contributed by atoms with Crippen molar-refractivity contribution < 1.29 is 13.5 Å². The van der Waals surface area contributed by atoms with E-state index in [-0.39, 0.29) is 6.61 Å². The lowest BCUT2D eigenvalue weighted by molar-refractivity contribution is 0.158. The van der Waals surface area contributed by atoms with Crippen molar-refractivity contribution >= 4 is 21.4 Å². The van der Waals surface area contributed by atoms with E-state index in [1.54, 1.807) is 10.4 Å². The average molecular weight is 316 g/mol. The molecule has 2 fully saturated rings. The van der Waals surface area contributed by atoms with Gasteiger partial charge in [0.25, 0.3) is 10.0 Å². The molecule has 20 heavy (non-hydrogen) atoms. The molecule has 2 saturated heterocycles. The number of nitrogens with zero attached hydrogens (tertiary/aromatic N) is 2. The Balaban J connectivity index is 1.84. The Kier molecular flexibility index (Phi) is 3.89. The molecular weight excluding hydrogens is 296 g/mol. The maximum absolute atomic E-state index is 12.7. The number of sulfonamides is 1. The van der Waals surface area contributed by atoms with E-state index in [2.05, 4.69) is 4.90 Å². The molecule has 0 spiro atoms. The van der Waals surface area contributed by atoms with Gasteiger partial charge < -0.3 is 5.11 Å². The van der Waals surface area contributed by atoms with Gasteiger partial charge in [-0.3, -0.25) is 4.90 Å². The Bertz CT molecular complexity index is 597. The molecule has 1 atom stereocenters. The Labute approximate surface area is 123 Å². The molecule has 2 aliphatic heterocycles. The van der Waals surface area contributed by atoms with Gasteiger partial charge >= 0.3 is 0 Å². The first-order valence-corrected chi connectivity index (χ1v) is 9.22. The SMILES string of the molecule is Cc1cc(S(=O)(=O)N2CCN3CCCC3C2)sc1CO. The lowest BCUT2D eigenvalue weighted by Gasteiger charge is -2.36. The van der Waals surface area contributed by atoms with E-state index in [1.165, 1.54) is 17.8 Å². The quantitative estimate of drug-likeness (QED) is 0.904. The Morgan fingerprint density at radius 2 is 2.20 bits per heavy atom. The zero-order chi connectivity index (χ0) is 14.3. The molecule has 1 aromatic rings. The first-order valence-electron chi connectivity index (χ1n) is 6.97. The van der Waals surface area contributed by atoms with Crippen LogP contribution in [0.3, 0.4) is 0 Å². The predicted molar refractivity (Wildman–Crippen MR) is 78.3 cm³/mol. The fourth-order valence-corrected chi connectivity index (χ4v) is 6.15. The monoisotopic (exact) mass is 316 g/mol. The number of rotatable bonds is 3. The highest BCUT2D eigenvalue weighted by molar-refractivity contribution is 7.91. The second-order valence-corrected chi connectivity index (χ2v) is 8.83. The van der Waals surface area contributed by atoms with E-state index in [4.69, 9.17) is 0 Å². The fourth-order valence-electron chi connectivity index (χ4n) is 3.08. The second-order valence-electron chi connectivity index (χ2n) is 5.52. The molecule has 0 bridgehead atoms. The Hall–Kier alpha value is -0.470. The van der Waals surface area contributed by atoms with Crippen molar-refractivity contribution in [1.29, 1.82) is 0 Å². The summed E-state index contributed by atoms with van der Waals surface area (Å²) in [5, 5.41) is 9.23. The zero-order valence-corrected chi connectivity index (χ0v) is 13.2. The lowest BCUT2D eigenvalue weighted by atomic mass is 10.2. The summed E-state index contributed by atoms with van der Waals surface area (Å²) in [5.41, 5.74) is 0.857. The fraction of sp³-hybridized carbons (Fsp3) is 0.692. The minimum Gasteiger partial charge on any atom is -0.391 e. The van der Waals surface area contributed by atoms with Crippen LogP contribution >= 0.6 is 11.3 Å². The van der Waals surface area contributed by atoms with Crippen LogP contribution in [0.5, 0.6) is 0 Å². The van der Waals surface area contributed by atoms with Crippen LogP contribution < -0.4 is 0 Å². The second kappa shape index (κ2) is 5.38. The molecule has 0 aliphatic carbocycles. The maximum atomic E-state index is 12.7. The van der Waals surface area contributed by atoms with E-state index in [9.17, 15) is 13.5 Å². The number of fused-ring (bicyclic) bond motifs is 1. The van der Waals surface area contributed by atoms with Crippen molar-refractivity contribution in [2.75, 3.05) is 26.2 Å². The van der Waals surface area contributed by atoms with Crippen molar-refractivity contribution in [1.82, 2.24) is 9.21 Å². The topological polar surface area (TPSA) is 60.9 Å². The third-order valence-corrected chi connectivity index (χ3v) is 7.82. The number of hydrogen-bond donors (Lipinski definition) is 1. The number of piperazine rings is 1. The summed E-state index contributed by atoms with van der Waals surface area (Å²) in [4.78, 5) is 3.13. The molecule has 7 heteroatoms. The molecule has 1 unspecified atom stereocenters. The summed E-state index contributed by atoms with van der Waals surface area (Å²) in [5.74, 6) is 0. The summed E-state index contributed by atoms with van der Waals surface area (Å²) in [6.07, 6.45) is 2.27. The Morgan fingerprint density at radius 3 is 2.90 bits per heavy atom. The van der Waals surface area contributed by atoms with Gasteiger partial charge in [-0.25, -0.2) is 8.42 Å². The highest BCUT2D eigenvalue weighted by Gasteiger charge is 2.36. The van der Waals surface area contributed by atoms with Crippen molar-refractivity contribution in [3.63, 3.8) is 0 Å². The average Bonchev–Trinajstić information content (AvgIpc) is 3.03. The molecule has 0 radical (unpaired) electrons. The van der Waals surface area contributed by atoms with Crippen LogP contribution in [0.4, 0.5) is 0 Å². The highest BCUT2D eigenvalue weighted by Crippen LogP contribution is 2.31. The third-order valence-electron chi connectivity index (χ3n) is 4.29. The van der Waals surface area contributed by atoms with Gasteiger partial charge in [0.15, 0.2) is 0 Å². The lowest BCUT2D eigenvalue weighted by Crippen LogP contribution is -2.51. The van der Waals surface area contributed by atoms with Gasteiger partial charge in [0.05, 0.1) is 6.61 Å². The summed E-state index contributed by atoms with van der Waals surface area (Å²) in [7, 11) is -3.40. The van der Waals surface area contributed by atoms with Gasteiger partial charge in [0.2, 0.25) is 0 Å². The van der Waals surface area contributed by atoms with E-state index in [1.807, 2.05) is 6.92 Å². The van der Waals surface area contributed by atoms with Crippen LogP contribution in [-0.2, 0) is 16.6 Å². The van der Waals surface area contributed by atoms with E-state index < -0.39 is 10.0 Å². The highest BCUT2D eigenvalue weighted by atomic mass is 32.2.